The van der Waals surface area contributed by atoms with Gasteiger partial charge in [-0.25, -0.2) is 4.52 Å². The van der Waals surface area contributed by atoms with Crippen molar-refractivity contribution in [3.63, 3.8) is 0 Å². The van der Waals surface area contributed by atoms with Crippen LogP contribution in [0.5, 0.6) is 0 Å². The Labute approximate surface area is 349 Å². The third-order valence-corrected chi connectivity index (χ3v) is 13.2. The maximum atomic E-state index is 13.4. The lowest BCUT2D eigenvalue weighted by Gasteiger charge is -2.36. The zero-order chi connectivity index (χ0) is 41.7. The molecule has 9 rings (SSSR count). The van der Waals surface area contributed by atoms with E-state index < -0.39 is 23.8 Å². The third-order valence-electron chi connectivity index (χ3n) is 12.1. The summed E-state index contributed by atoms with van der Waals surface area (Å²) in [6.07, 6.45) is 7.07. The molecule has 1 aromatic carbocycles. The Bertz CT molecular complexity index is 2600. The van der Waals surface area contributed by atoms with Crippen molar-refractivity contribution in [1.82, 2.24) is 44.8 Å². The molecule has 18 heteroatoms. The summed E-state index contributed by atoms with van der Waals surface area (Å²) in [6.45, 7) is 2.90. The monoisotopic (exact) mass is 826 g/mol. The summed E-state index contributed by atoms with van der Waals surface area (Å²) in [5.74, 6) is -1.63. The highest BCUT2D eigenvalue weighted by atomic mass is 32.1. The van der Waals surface area contributed by atoms with Gasteiger partial charge in [-0.3, -0.25) is 43.7 Å². The lowest BCUT2D eigenvalue weighted by Crippen LogP contribution is -2.54. The topological polar surface area (TPSA) is 202 Å². The molecule has 0 radical (unpaired) electrons. The van der Waals surface area contributed by atoms with Gasteiger partial charge in [-0.15, -0.1) is 10.2 Å². The number of nitrogens with one attached hydrogen (secondary N) is 2. The SMILES string of the molecule is CNc1cc(-c2ccc3cc(C#N)cnn23)ncc1-c1nnc(C2CCC(NC(=O)CN3CCN(c4ccc5c(c4)C(=O)N(C4CCC(=O)N(C)C4=O)C5=O)CC3)CC2)s1. The molecule has 2 saturated heterocycles. The normalized spacial score (nSPS) is 21.1. The first-order valence-corrected chi connectivity index (χ1v) is 20.9. The minimum Gasteiger partial charge on any atom is -0.387 e. The average Bonchev–Trinajstić information content (AvgIpc) is 4.00. The van der Waals surface area contributed by atoms with Crippen molar-refractivity contribution in [2.75, 3.05) is 57.0 Å². The first-order chi connectivity index (χ1) is 29.1. The van der Waals surface area contributed by atoms with Crippen molar-refractivity contribution >= 4 is 57.8 Å². The maximum Gasteiger partial charge on any atom is 0.262 e. The number of likely N-dealkylation sites (N-methyl/N-ethyl adjacent to an activating group) is 1. The Balaban J connectivity index is 0.750. The van der Waals surface area contributed by atoms with E-state index >= 15 is 0 Å². The van der Waals surface area contributed by atoms with Crippen LogP contribution in [0.15, 0.2) is 54.9 Å². The van der Waals surface area contributed by atoms with Gasteiger partial charge in [0.05, 0.1) is 51.9 Å². The molecule has 5 amide bonds. The maximum absolute atomic E-state index is 13.4. The number of piperazine rings is 1. The van der Waals surface area contributed by atoms with Gasteiger partial charge in [-0.05, 0) is 74.6 Å². The second kappa shape index (κ2) is 15.9. The second-order valence-corrected chi connectivity index (χ2v) is 16.7. The molecule has 1 saturated carbocycles. The van der Waals surface area contributed by atoms with E-state index in [0.717, 1.165) is 79.3 Å². The molecule has 1 aliphatic carbocycles. The molecule has 4 aliphatic rings. The Morgan fingerprint density at radius 1 is 0.900 bits per heavy atom. The van der Waals surface area contributed by atoms with Crippen LogP contribution in [0.4, 0.5) is 11.4 Å². The fourth-order valence-corrected chi connectivity index (χ4v) is 9.76. The first-order valence-electron chi connectivity index (χ1n) is 20.1. The molecule has 2 N–H and O–H groups in total. The van der Waals surface area contributed by atoms with Gasteiger partial charge in [0.25, 0.3) is 17.7 Å². The fraction of sp³-hybridized carbons (Fsp3) is 0.381. The number of carbonyl (C=O) groups is 5. The Hall–Kier alpha value is -6.58. The van der Waals surface area contributed by atoms with Crippen molar-refractivity contribution in [3.05, 3.63) is 76.6 Å². The Morgan fingerprint density at radius 3 is 2.45 bits per heavy atom. The van der Waals surface area contributed by atoms with Crippen LogP contribution in [0.3, 0.4) is 0 Å². The predicted octanol–water partition coefficient (Wildman–Crippen LogP) is 3.54. The average molecular weight is 827 g/mol. The van der Waals surface area contributed by atoms with E-state index in [2.05, 4.69) is 41.8 Å². The van der Waals surface area contributed by atoms with Crippen LogP contribution < -0.4 is 15.5 Å². The molecule has 17 nitrogen and oxygen atoms in total. The summed E-state index contributed by atoms with van der Waals surface area (Å²) in [7, 11) is 3.24. The van der Waals surface area contributed by atoms with Crippen molar-refractivity contribution in [2.45, 2.75) is 56.5 Å². The lowest BCUT2D eigenvalue weighted by atomic mass is 9.86. The molecular formula is C42H42N12O5S. The number of benzene rings is 1. The van der Waals surface area contributed by atoms with Gasteiger partial charge in [-0.1, -0.05) is 11.3 Å². The van der Waals surface area contributed by atoms with Crippen LogP contribution in [0, 0.1) is 11.3 Å². The van der Waals surface area contributed by atoms with E-state index in [9.17, 15) is 29.2 Å². The van der Waals surface area contributed by atoms with Gasteiger partial charge in [-0.2, -0.15) is 10.4 Å². The van der Waals surface area contributed by atoms with E-state index in [0.29, 0.717) is 38.3 Å². The van der Waals surface area contributed by atoms with E-state index in [-0.39, 0.29) is 47.7 Å². The highest BCUT2D eigenvalue weighted by molar-refractivity contribution is 7.14. The molecule has 7 heterocycles. The molecule has 0 bridgehead atoms. The highest BCUT2D eigenvalue weighted by Gasteiger charge is 2.46. The molecule has 3 fully saturated rings. The van der Waals surface area contributed by atoms with Crippen LogP contribution in [-0.4, -0.2) is 128 Å². The molecule has 1 unspecified atom stereocenters. The van der Waals surface area contributed by atoms with Gasteiger partial charge in [0, 0.05) is 76.2 Å². The van der Waals surface area contributed by atoms with Gasteiger partial charge >= 0.3 is 0 Å². The van der Waals surface area contributed by atoms with Crippen molar-refractivity contribution in [1.29, 1.82) is 5.26 Å². The largest absolute Gasteiger partial charge is 0.387 e. The Morgan fingerprint density at radius 2 is 1.68 bits per heavy atom. The smallest absolute Gasteiger partial charge is 0.262 e. The number of carbonyl (C=O) groups excluding carboxylic acids is 5. The van der Waals surface area contributed by atoms with Crippen LogP contribution in [0.2, 0.25) is 0 Å². The number of nitrogens with zero attached hydrogens (tertiary/aromatic N) is 10. The van der Waals surface area contributed by atoms with E-state index in [4.69, 9.17) is 4.98 Å². The fourth-order valence-electron chi connectivity index (χ4n) is 8.73. The molecule has 60 heavy (non-hydrogen) atoms. The molecular weight excluding hydrogens is 785 g/mol. The number of rotatable bonds is 9. The summed E-state index contributed by atoms with van der Waals surface area (Å²) < 4.78 is 1.77. The minimum atomic E-state index is -0.989. The number of aromatic nitrogens is 5. The van der Waals surface area contributed by atoms with Crippen molar-refractivity contribution in [2.24, 2.45) is 0 Å². The van der Waals surface area contributed by atoms with E-state index in [1.165, 1.54) is 13.2 Å². The third kappa shape index (κ3) is 7.13. The van der Waals surface area contributed by atoms with Crippen LogP contribution in [0.1, 0.15) is 75.7 Å². The van der Waals surface area contributed by atoms with Gasteiger partial charge in [0.2, 0.25) is 11.8 Å². The zero-order valence-corrected chi connectivity index (χ0v) is 33.9. The number of hydrogen-bond donors (Lipinski definition) is 2. The van der Waals surface area contributed by atoms with E-state index in [1.807, 2.05) is 31.3 Å². The number of likely N-dealkylation sites (tertiary alicyclic amines) is 1. The van der Waals surface area contributed by atoms with Crippen molar-refractivity contribution in [3.8, 4) is 28.0 Å². The summed E-state index contributed by atoms with van der Waals surface area (Å²) >= 11 is 1.57. The Kier molecular flexibility index (Phi) is 10.3. The molecule has 0 spiro atoms. The second-order valence-electron chi connectivity index (χ2n) is 15.7. The summed E-state index contributed by atoms with van der Waals surface area (Å²) in [5, 5.41) is 31.1. The number of amides is 5. The molecule has 5 aromatic rings. The number of nitriles is 1. The number of pyridine rings is 1. The summed E-state index contributed by atoms with van der Waals surface area (Å²) in [4.78, 5) is 75.6. The van der Waals surface area contributed by atoms with Gasteiger partial charge in [0.15, 0.2) is 5.01 Å². The lowest BCUT2D eigenvalue weighted by molar-refractivity contribution is -0.149. The van der Waals surface area contributed by atoms with Crippen molar-refractivity contribution < 1.29 is 24.0 Å². The number of piperidine rings is 1. The molecule has 1 atom stereocenters. The number of anilines is 2. The van der Waals surface area contributed by atoms with Crippen LogP contribution in [-0.2, 0) is 14.4 Å². The summed E-state index contributed by atoms with van der Waals surface area (Å²) in [5.41, 5.74) is 5.91. The van der Waals surface area contributed by atoms with Gasteiger partial charge < -0.3 is 15.5 Å². The quantitative estimate of drug-likeness (QED) is 0.205. The minimum absolute atomic E-state index is 0.00262. The predicted molar refractivity (Wildman–Crippen MR) is 221 cm³/mol. The molecule has 4 aromatic heterocycles. The number of fused-ring (bicyclic) bond motifs is 2. The van der Waals surface area contributed by atoms with Crippen LogP contribution >= 0.6 is 11.3 Å². The van der Waals surface area contributed by atoms with Crippen LogP contribution in [0.25, 0.3) is 27.5 Å². The number of hydrogen-bond acceptors (Lipinski definition) is 14. The highest BCUT2D eigenvalue weighted by Crippen LogP contribution is 2.39. The number of imide groups is 2. The van der Waals surface area contributed by atoms with Gasteiger partial charge in [0.1, 0.15) is 17.1 Å². The zero-order valence-electron chi connectivity index (χ0n) is 33.1. The van der Waals surface area contributed by atoms with E-state index in [1.54, 1.807) is 40.2 Å². The molecule has 3 aliphatic heterocycles. The summed E-state index contributed by atoms with van der Waals surface area (Å²) in [6, 6.07) is 14.0. The molecule has 306 valence electrons. The first kappa shape index (κ1) is 38.9. The standard InChI is InChI=1S/C42H42N12O5S/c1-44-32-19-33(34-10-8-28-17-24(20-43)21-46-54(28)34)45-22-31(32)39-49-48-38(60-39)25-3-5-26(6-4-25)47-36(55)23-51-13-15-52(16-14-51)27-7-9-29-30(18-27)41(58)53(40(29)57)35-11-12-37(56)50(2)42(35)59/h7-10,17-19,21-22,25-26,35H,3-6,11-16,23H2,1-2H3,(H,44,45)(H,47,55).